The fourth-order valence-electron chi connectivity index (χ4n) is 2.28. The van der Waals surface area contributed by atoms with Gasteiger partial charge < -0.3 is 5.32 Å². The number of hydrogen-bond acceptors (Lipinski definition) is 5. The van der Waals surface area contributed by atoms with Crippen molar-refractivity contribution in [2.24, 2.45) is 0 Å². The van der Waals surface area contributed by atoms with Crippen LogP contribution in [0.5, 0.6) is 0 Å². The van der Waals surface area contributed by atoms with Gasteiger partial charge in [0.25, 0.3) is 0 Å². The van der Waals surface area contributed by atoms with E-state index in [0.29, 0.717) is 11.6 Å². The summed E-state index contributed by atoms with van der Waals surface area (Å²) >= 11 is 0. The highest BCUT2D eigenvalue weighted by Gasteiger charge is 2.17. The van der Waals surface area contributed by atoms with E-state index >= 15 is 0 Å². The number of carbonyl (C=O) groups excluding carboxylic acids is 1. The fraction of sp³-hybridized carbons (Fsp3) is 0.417. The zero-order chi connectivity index (χ0) is 13.8. The molecular formula is C12H15N7O. The number of hydrogen-bond donors (Lipinski definition) is 2. The average molecular weight is 273 g/mol. The molecule has 0 unspecified atom stereocenters. The molecule has 1 saturated carbocycles. The Kier molecular flexibility index (Phi) is 3.53. The Bertz CT molecular complexity index is 577. The Morgan fingerprint density at radius 3 is 2.85 bits per heavy atom. The van der Waals surface area contributed by atoms with Crippen molar-refractivity contribution in [1.82, 2.24) is 30.0 Å². The molecule has 2 heterocycles. The Morgan fingerprint density at radius 1 is 1.25 bits per heavy atom. The van der Waals surface area contributed by atoms with Crippen LogP contribution < -0.4 is 10.6 Å². The monoisotopic (exact) mass is 273 g/mol. The minimum atomic E-state index is -0.236. The van der Waals surface area contributed by atoms with Crippen molar-refractivity contribution in [3.8, 4) is 5.82 Å². The summed E-state index contributed by atoms with van der Waals surface area (Å²) in [4.78, 5) is 23.8. The Morgan fingerprint density at radius 2 is 2.10 bits per heavy atom. The maximum absolute atomic E-state index is 11.8. The maximum Gasteiger partial charge on any atom is 0.320 e. The highest BCUT2D eigenvalue weighted by molar-refractivity contribution is 5.88. The molecule has 0 saturated heterocycles. The summed E-state index contributed by atoms with van der Waals surface area (Å²) in [7, 11) is 0. The van der Waals surface area contributed by atoms with E-state index in [4.69, 9.17) is 0 Å². The Labute approximate surface area is 115 Å². The van der Waals surface area contributed by atoms with Crippen molar-refractivity contribution >= 4 is 11.8 Å². The molecule has 0 bridgehead atoms. The molecule has 104 valence electrons. The molecule has 8 nitrogen and oxygen atoms in total. The Balaban J connectivity index is 1.65. The number of nitrogens with one attached hydrogen (secondary N) is 2. The van der Waals surface area contributed by atoms with Crippen molar-refractivity contribution in [2.75, 3.05) is 5.32 Å². The van der Waals surface area contributed by atoms with Gasteiger partial charge in [0.15, 0.2) is 5.82 Å². The third kappa shape index (κ3) is 2.90. The number of urea groups is 1. The molecule has 20 heavy (non-hydrogen) atoms. The van der Waals surface area contributed by atoms with Gasteiger partial charge in [-0.1, -0.05) is 12.8 Å². The van der Waals surface area contributed by atoms with Crippen LogP contribution in [0.1, 0.15) is 25.7 Å². The van der Waals surface area contributed by atoms with E-state index < -0.39 is 0 Å². The molecule has 2 amide bonds. The van der Waals surface area contributed by atoms with E-state index in [-0.39, 0.29) is 12.1 Å². The van der Waals surface area contributed by atoms with Crippen LogP contribution in [0.15, 0.2) is 25.0 Å². The minimum Gasteiger partial charge on any atom is -0.335 e. The third-order valence-electron chi connectivity index (χ3n) is 3.24. The van der Waals surface area contributed by atoms with E-state index in [1.807, 2.05) is 0 Å². The molecule has 0 aromatic carbocycles. The van der Waals surface area contributed by atoms with Crippen molar-refractivity contribution < 1.29 is 4.79 Å². The lowest BCUT2D eigenvalue weighted by Gasteiger charge is -2.12. The van der Waals surface area contributed by atoms with E-state index in [1.54, 1.807) is 6.07 Å². The summed E-state index contributed by atoms with van der Waals surface area (Å²) in [5, 5.41) is 9.62. The van der Waals surface area contributed by atoms with Gasteiger partial charge in [-0.05, 0) is 12.8 Å². The van der Waals surface area contributed by atoms with Gasteiger partial charge in [-0.15, -0.1) is 0 Å². The quantitative estimate of drug-likeness (QED) is 0.873. The van der Waals surface area contributed by atoms with Crippen molar-refractivity contribution in [2.45, 2.75) is 31.7 Å². The molecule has 3 rings (SSSR count). The summed E-state index contributed by atoms with van der Waals surface area (Å²) in [6, 6.07) is 1.68. The summed E-state index contributed by atoms with van der Waals surface area (Å²) in [5.74, 6) is 0.981. The van der Waals surface area contributed by atoms with Crippen LogP contribution in [-0.4, -0.2) is 36.8 Å². The molecule has 0 spiro atoms. The van der Waals surface area contributed by atoms with Crippen molar-refractivity contribution in [3.05, 3.63) is 25.0 Å². The second-order valence-electron chi connectivity index (χ2n) is 4.68. The molecule has 1 aliphatic carbocycles. The molecule has 0 atom stereocenters. The van der Waals surface area contributed by atoms with E-state index in [0.717, 1.165) is 12.8 Å². The minimum absolute atomic E-state index is 0.236. The SMILES string of the molecule is O=C(Nc1cc(-n2cncn2)ncn1)NC1CCCC1. The van der Waals surface area contributed by atoms with Crippen LogP contribution in [0, 0.1) is 0 Å². The van der Waals surface area contributed by atoms with Crippen LogP contribution >= 0.6 is 0 Å². The second-order valence-corrected chi connectivity index (χ2v) is 4.68. The first-order valence-electron chi connectivity index (χ1n) is 6.56. The molecule has 2 aromatic rings. The van der Waals surface area contributed by atoms with Crippen LogP contribution in [0.2, 0.25) is 0 Å². The predicted molar refractivity (Wildman–Crippen MR) is 71.4 cm³/mol. The van der Waals surface area contributed by atoms with Crippen molar-refractivity contribution in [1.29, 1.82) is 0 Å². The number of rotatable bonds is 3. The lowest BCUT2D eigenvalue weighted by molar-refractivity contribution is 0.248. The van der Waals surface area contributed by atoms with Gasteiger partial charge in [-0.2, -0.15) is 5.10 Å². The highest BCUT2D eigenvalue weighted by Crippen LogP contribution is 2.17. The number of amides is 2. The first kappa shape index (κ1) is 12.5. The normalized spacial score (nSPS) is 15.2. The Hall–Kier alpha value is -2.51. The molecule has 2 aromatic heterocycles. The number of nitrogens with zero attached hydrogens (tertiary/aromatic N) is 5. The van der Waals surface area contributed by atoms with Gasteiger partial charge in [-0.25, -0.2) is 24.4 Å². The number of anilines is 1. The van der Waals surface area contributed by atoms with Gasteiger partial charge in [0, 0.05) is 12.1 Å². The van der Waals surface area contributed by atoms with Crippen LogP contribution in [-0.2, 0) is 0 Å². The van der Waals surface area contributed by atoms with Gasteiger partial charge in [0.05, 0.1) is 0 Å². The van der Waals surface area contributed by atoms with Gasteiger partial charge in [0.2, 0.25) is 0 Å². The summed E-state index contributed by atoms with van der Waals surface area (Å²) < 4.78 is 1.50. The number of carbonyl (C=O) groups is 1. The molecule has 8 heteroatoms. The zero-order valence-electron chi connectivity index (χ0n) is 10.9. The summed E-state index contributed by atoms with van der Waals surface area (Å²) in [6.07, 6.45) is 8.77. The molecule has 0 aliphatic heterocycles. The lowest BCUT2D eigenvalue weighted by atomic mass is 10.2. The first-order valence-corrected chi connectivity index (χ1v) is 6.56. The van der Waals surface area contributed by atoms with Crippen LogP contribution in [0.3, 0.4) is 0 Å². The number of aromatic nitrogens is 5. The molecule has 2 N–H and O–H groups in total. The zero-order valence-corrected chi connectivity index (χ0v) is 10.9. The van der Waals surface area contributed by atoms with Crippen molar-refractivity contribution in [3.63, 3.8) is 0 Å². The second kappa shape index (κ2) is 5.64. The molecule has 0 radical (unpaired) electrons. The standard InChI is InChI=1S/C12H15N7O/c20-12(17-9-3-1-2-4-9)18-10-5-11(15-7-14-10)19-8-13-6-16-19/h5-9H,1-4H2,(H2,14,15,17,18,20). The predicted octanol–water partition coefficient (Wildman–Crippen LogP) is 1.12. The van der Waals surface area contributed by atoms with Gasteiger partial charge in [0.1, 0.15) is 24.8 Å². The molecule has 1 fully saturated rings. The van der Waals surface area contributed by atoms with Crippen LogP contribution in [0.25, 0.3) is 5.82 Å². The summed E-state index contributed by atoms with van der Waals surface area (Å²) in [6.45, 7) is 0. The van der Waals surface area contributed by atoms with E-state index in [2.05, 4.69) is 30.7 Å². The third-order valence-corrected chi connectivity index (χ3v) is 3.24. The molecular weight excluding hydrogens is 258 g/mol. The van der Waals surface area contributed by atoms with E-state index in [9.17, 15) is 4.79 Å². The maximum atomic E-state index is 11.8. The smallest absolute Gasteiger partial charge is 0.320 e. The highest BCUT2D eigenvalue weighted by atomic mass is 16.2. The largest absolute Gasteiger partial charge is 0.335 e. The van der Waals surface area contributed by atoms with E-state index in [1.165, 1.54) is 36.5 Å². The average Bonchev–Trinajstić information content (AvgIpc) is 3.11. The first-order chi connectivity index (χ1) is 9.81. The lowest BCUT2D eigenvalue weighted by Crippen LogP contribution is -2.36. The van der Waals surface area contributed by atoms with Gasteiger partial charge in [-0.3, -0.25) is 5.32 Å². The molecule has 1 aliphatic rings. The summed E-state index contributed by atoms with van der Waals surface area (Å²) in [5.41, 5.74) is 0. The fourth-order valence-corrected chi connectivity index (χ4v) is 2.28. The topological polar surface area (TPSA) is 97.6 Å². The van der Waals surface area contributed by atoms with Crippen LogP contribution in [0.4, 0.5) is 10.6 Å². The van der Waals surface area contributed by atoms with Gasteiger partial charge >= 0.3 is 6.03 Å².